The lowest BCUT2D eigenvalue weighted by atomic mass is 10.00. The van der Waals surface area contributed by atoms with Gasteiger partial charge in [-0.25, -0.2) is 18.4 Å². The molecule has 1 N–H and O–H groups in total. The van der Waals surface area contributed by atoms with E-state index >= 15 is 0 Å². The molecule has 0 amide bonds. The standard InChI is InChI=1S/C19H24N4O2S/c1-2-13-7-12(10-26(24,25)14-3-4-14)8-17(13)23-11-22-16-9-21-19-15(18(16)23)5-6-20-19/h5-6,9,11-14,17H,2-4,7-8,10H2,1H3,(H,20,21)/t12?,13-,17+/m1/s1. The summed E-state index contributed by atoms with van der Waals surface area (Å²) in [6.45, 7) is 2.21. The summed E-state index contributed by atoms with van der Waals surface area (Å²) in [5.74, 6) is 1.11. The number of fused-ring (bicyclic) bond motifs is 3. The summed E-state index contributed by atoms with van der Waals surface area (Å²) >= 11 is 0. The van der Waals surface area contributed by atoms with Crippen LogP contribution in [0.25, 0.3) is 22.1 Å². The number of nitrogens with one attached hydrogen (secondary N) is 1. The molecule has 0 radical (unpaired) electrons. The molecule has 2 aliphatic rings. The van der Waals surface area contributed by atoms with E-state index in [0.717, 1.165) is 54.2 Å². The highest BCUT2D eigenvalue weighted by Crippen LogP contribution is 2.45. The van der Waals surface area contributed by atoms with Crippen molar-refractivity contribution in [3.63, 3.8) is 0 Å². The van der Waals surface area contributed by atoms with Crippen molar-refractivity contribution in [3.05, 3.63) is 24.8 Å². The second-order valence-corrected chi connectivity index (χ2v) is 10.3. The fourth-order valence-electron chi connectivity index (χ4n) is 4.81. The lowest BCUT2D eigenvalue weighted by molar-refractivity contribution is 0.377. The van der Waals surface area contributed by atoms with Crippen LogP contribution in [-0.2, 0) is 9.84 Å². The van der Waals surface area contributed by atoms with Gasteiger partial charge < -0.3 is 9.55 Å². The molecule has 2 saturated carbocycles. The van der Waals surface area contributed by atoms with Gasteiger partial charge in [-0.05, 0) is 43.6 Å². The van der Waals surface area contributed by atoms with Crippen LogP contribution in [0, 0.1) is 11.8 Å². The Morgan fingerprint density at radius 1 is 1.27 bits per heavy atom. The molecule has 3 atom stereocenters. The summed E-state index contributed by atoms with van der Waals surface area (Å²) in [4.78, 5) is 12.2. The minimum Gasteiger partial charge on any atom is -0.346 e. The van der Waals surface area contributed by atoms with Crippen LogP contribution < -0.4 is 0 Å². The molecule has 0 bridgehead atoms. The number of hydrogen-bond acceptors (Lipinski definition) is 4. The van der Waals surface area contributed by atoms with E-state index in [4.69, 9.17) is 0 Å². The van der Waals surface area contributed by atoms with Crippen molar-refractivity contribution in [3.8, 4) is 0 Å². The SMILES string of the molecule is CC[C@@H]1CC(CS(=O)(=O)C2CC2)C[C@@H]1n1cnc2cnc3[nH]ccc3c21. The van der Waals surface area contributed by atoms with E-state index in [1.54, 1.807) is 0 Å². The highest BCUT2D eigenvalue weighted by atomic mass is 32.2. The Bertz CT molecular complexity index is 1060. The first-order valence-corrected chi connectivity index (χ1v) is 11.3. The molecule has 2 aliphatic carbocycles. The van der Waals surface area contributed by atoms with Crippen molar-refractivity contribution in [1.82, 2.24) is 19.5 Å². The summed E-state index contributed by atoms with van der Waals surface area (Å²) in [5, 5.41) is 1.03. The molecule has 2 fully saturated rings. The maximum atomic E-state index is 12.5. The lowest BCUT2D eigenvalue weighted by Gasteiger charge is -2.20. The summed E-state index contributed by atoms with van der Waals surface area (Å²) < 4.78 is 27.2. The zero-order valence-electron chi connectivity index (χ0n) is 14.9. The molecule has 6 nitrogen and oxygen atoms in total. The molecule has 0 spiro atoms. The second kappa shape index (κ2) is 5.81. The maximum Gasteiger partial charge on any atom is 0.153 e. The first-order valence-electron chi connectivity index (χ1n) is 9.57. The zero-order valence-corrected chi connectivity index (χ0v) is 15.7. The molecule has 3 aromatic rings. The van der Waals surface area contributed by atoms with Crippen LogP contribution >= 0.6 is 0 Å². The summed E-state index contributed by atoms with van der Waals surface area (Å²) in [7, 11) is -2.90. The Morgan fingerprint density at radius 3 is 2.88 bits per heavy atom. The minimum atomic E-state index is -2.90. The monoisotopic (exact) mass is 372 g/mol. The number of H-pyrrole nitrogens is 1. The summed E-state index contributed by atoms with van der Waals surface area (Å²) in [6, 6.07) is 2.36. The number of aromatic amines is 1. The molecule has 5 rings (SSSR count). The molecule has 3 aromatic heterocycles. The smallest absolute Gasteiger partial charge is 0.153 e. The number of nitrogens with zero attached hydrogens (tertiary/aromatic N) is 3. The largest absolute Gasteiger partial charge is 0.346 e. The summed E-state index contributed by atoms with van der Waals surface area (Å²) in [6.07, 6.45) is 10.3. The van der Waals surface area contributed by atoms with E-state index in [1.807, 2.05) is 24.8 Å². The quantitative estimate of drug-likeness (QED) is 0.744. The Kier molecular flexibility index (Phi) is 3.64. The van der Waals surface area contributed by atoms with Crippen molar-refractivity contribution in [2.45, 2.75) is 50.3 Å². The van der Waals surface area contributed by atoms with Gasteiger partial charge in [-0.1, -0.05) is 13.3 Å². The van der Waals surface area contributed by atoms with Crippen LogP contribution in [0.2, 0.25) is 0 Å². The third kappa shape index (κ3) is 2.55. The third-order valence-electron chi connectivity index (χ3n) is 6.26. The maximum absolute atomic E-state index is 12.5. The van der Waals surface area contributed by atoms with Gasteiger partial charge in [0, 0.05) is 17.6 Å². The first kappa shape index (κ1) is 16.3. The van der Waals surface area contributed by atoms with Crippen molar-refractivity contribution in [2.24, 2.45) is 11.8 Å². The molecule has 7 heteroatoms. The van der Waals surface area contributed by atoms with E-state index in [1.165, 1.54) is 0 Å². The van der Waals surface area contributed by atoms with Crippen molar-refractivity contribution in [2.75, 3.05) is 5.75 Å². The molecule has 1 unspecified atom stereocenters. The van der Waals surface area contributed by atoms with Gasteiger partial charge in [0.25, 0.3) is 0 Å². The fourth-order valence-corrected chi connectivity index (χ4v) is 6.86. The molecular formula is C19H24N4O2S. The van der Waals surface area contributed by atoms with Crippen LogP contribution in [0.4, 0.5) is 0 Å². The van der Waals surface area contributed by atoms with E-state index in [-0.39, 0.29) is 11.2 Å². The number of rotatable bonds is 5. The van der Waals surface area contributed by atoms with Crippen LogP contribution in [0.15, 0.2) is 24.8 Å². The third-order valence-corrected chi connectivity index (χ3v) is 8.68. The van der Waals surface area contributed by atoms with Crippen molar-refractivity contribution < 1.29 is 8.42 Å². The number of hydrogen-bond donors (Lipinski definition) is 1. The Hall–Kier alpha value is -1.89. The number of pyridine rings is 1. The number of sulfone groups is 1. The van der Waals surface area contributed by atoms with E-state index in [0.29, 0.717) is 17.7 Å². The average Bonchev–Trinajstić information content (AvgIpc) is 3.06. The van der Waals surface area contributed by atoms with Crippen LogP contribution in [0.3, 0.4) is 0 Å². The molecule has 3 heterocycles. The molecule has 0 saturated heterocycles. The van der Waals surface area contributed by atoms with Crippen molar-refractivity contribution >= 4 is 31.9 Å². The van der Waals surface area contributed by atoms with Gasteiger partial charge in [0.05, 0.1) is 29.0 Å². The predicted molar refractivity (Wildman–Crippen MR) is 102 cm³/mol. The van der Waals surface area contributed by atoms with Gasteiger partial charge in [-0.15, -0.1) is 0 Å². The first-order chi connectivity index (χ1) is 12.6. The zero-order chi connectivity index (χ0) is 17.9. The van der Waals surface area contributed by atoms with Crippen molar-refractivity contribution in [1.29, 1.82) is 0 Å². The van der Waals surface area contributed by atoms with Gasteiger partial charge >= 0.3 is 0 Å². The molecular weight excluding hydrogens is 348 g/mol. The van der Waals surface area contributed by atoms with Crippen LogP contribution in [-0.4, -0.2) is 38.9 Å². The topological polar surface area (TPSA) is 80.6 Å². The molecule has 0 aliphatic heterocycles. The summed E-state index contributed by atoms with van der Waals surface area (Å²) in [5.41, 5.74) is 2.89. The Morgan fingerprint density at radius 2 is 2.12 bits per heavy atom. The number of imidazole rings is 1. The normalized spacial score (nSPS) is 26.9. The van der Waals surface area contributed by atoms with Gasteiger partial charge in [0.15, 0.2) is 9.84 Å². The highest BCUT2D eigenvalue weighted by Gasteiger charge is 2.41. The predicted octanol–water partition coefficient (Wildman–Crippen LogP) is 3.47. The van der Waals surface area contributed by atoms with Gasteiger partial charge in [0.1, 0.15) is 11.2 Å². The molecule has 26 heavy (non-hydrogen) atoms. The van der Waals surface area contributed by atoms with E-state index in [9.17, 15) is 8.42 Å². The lowest BCUT2D eigenvalue weighted by Crippen LogP contribution is -2.18. The van der Waals surface area contributed by atoms with E-state index < -0.39 is 9.84 Å². The van der Waals surface area contributed by atoms with Gasteiger partial charge in [-0.2, -0.15) is 0 Å². The minimum absolute atomic E-state index is 0.0544. The van der Waals surface area contributed by atoms with Gasteiger partial charge in [0.2, 0.25) is 0 Å². The number of aromatic nitrogens is 4. The fraction of sp³-hybridized carbons (Fsp3) is 0.579. The molecule has 0 aromatic carbocycles. The van der Waals surface area contributed by atoms with E-state index in [2.05, 4.69) is 26.4 Å². The van der Waals surface area contributed by atoms with Gasteiger partial charge in [-0.3, -0.25) is 0 Å². The average molecular weight is 372 g/mol. The second-order valence-electron chi connectivity index (χ2n) is 7.99. The highest BCUT2D eigenvalue weighted by molar-refractivity contribution is 7.92. The Balaban J connectivity index is 1.50. The Labute approximate surface area is 152 Å². The molecule has 138 valence electrons. The van der Waals surface area contributed by atoms with Crippen LogP contribution in [0.5, 0.6) is 0 Å². The van der Waals surface area contributed by atoms with Crippen LogP contribution in [0.1, 0.15) is 45.1 Å².